The summed E-state index contributed by atoms with van der Waals surface area (Å²) in [5.41, 5.74) is 5.79. The van der Waals surface area contributed by atoms with Crippen LogP contribution in [0.1, 0.15) is 13.8 Å². The van der Waals surface area contributed by atoms with Gasteiger partial charge < -0.3 is 15.4 Å². The molecule has 1 fully saturated rings. The number of nitrogens with zero attached hydrogens (tertiary/aromatic N) is 3. The zero-order chi connectivity index (χ0) is 12.7. The van der Waals surface area contributed by atoms with E-state index in [0.717, 1.165) is 29.1 Å². The number of fused-ring (bicyclic) bond motifs is 1. The summed E-state index contributed by atoms with van der Waals surface area (Å²) in [5, 5.41) is 3.10. The van der Waals surface area contributed by atoms with E-state index in [2.05, 4.69) is 34.8 Å². The summed E-state index contributed by atoms with van der Waals surface area (Å²) in [5.74, 6) is 1.27. The van der Waals surface area contributed by atoms with Gasteiger partial charge in [0.05, 0.1) is 17.6 Å². The molecule has 3 rings (SSSR count). The second-order valence-electron chi connectivity index (χ2n) is 4.71. The van der Waals surface area contributed by atoms with Gasteiger partial charge in [0.2, 0.25) is 5.95 Å². The van der Waals surface area contributed by atoms with E-state index in [4.69, 9.17) is 10.5 Å². The molecule has 2 N–H and O–H groups in total. The average molecular weight is 264 g/mol. The number of rotatable bonds is 1. The van der Waals surface area contributed by atoms with Crippen LogP contribution >= 0.6 is 11.3 Å². The standard InChI is InChI=1S/C12H16N4OS/c1-7-5-16(6-8(2)17-7)10-9-3-4-18-11(9)15-12(13)14-10/h3-4,7-8H,5-6H2,1-2H3,(H2,13,14,15). The molecule has 1 saturated heterocycles. The summed E-state index contributed by atoms with van der Waals surface area (Å²) in [6.45, 7) is 5.84. The van der Waals surface area contributed by atoms with E-state index in [1.807, 2.05) is 5.38 Å². The molecule has 2 aromatic heterocycles. The Morgan fingerprint density at radius 1 is 1.33 bits per heavy atom. The molecule has 0 aromatic carbocycles. The van der Waals surface area contributed by atoms with E-state index in [-0.39, 0.29) is 12.2 Å². The lowest BCUT2D eigenvalue weighted by Gasteiger charge is -2.36. The number of aromatic nitrogens is 2. The highest BCUT2D eigenvalue weighted by atomic mass is 32.1. The molecule has 0 bridgehead atoms. The highest BCUT2D eigenvalue weighted by Crippen LogP contribution is 2.30. The summed E-state index contributed by atoms with van der Waals surface area (Å²) in [4.78, 5) is 11.9. The van der Waals surface area contributed by atoms with Crippen molar-refractivity contribution in [2.75, 3.05) is 23.7 Å². The van der Waals surface area contributed by atoms with Crippen LogP contribution in [0, 0.1) is 0 Å². The quantitative estimate of drug-likeness (QED) is 0.852. The number of anilines is 2. The van der Waals surface area contributed by atoms with Gasteiger partial charge in [0.15, 0.2) is 0 Å². The Morgan fingerprint density at radius 2 is 2.06 bits per heavy atom. The Labute approximate surface area is 110 Å². The van der Waals surface area contributed by atoms with Gasteiger partial charge in [-0.3, -0.25) is 0 Å². The lowest BCUT2D eigenvalue weighted by Crippen LogP contribution is -2.46. The Kier molecular flexibility index (Phi) is 2.83. The van der Waals surface area contributed by atoms with Crippen molar-refractivity contribution in [3.63, 3.8) is 0 Å². The Hall–Kier alpha value is -1.40. The first-order chi connectivity index (χ1) is 8.63. The third-order valence-corrected chi connectivity index (χ3v) is 3.85. The first kappa shape index (κ1) is 11.7. The first-order valence-corrected chi connectivity index (χ1v) is 6.92. The van der Waals surface area contributed by atoms with Crippen molar-refractivity contribution in [1.29, 1.82) is 0 Å². The molecule has 0 saturated carbocycles. The summed E-state index contributed by atoms with van der Waals surface area (Å²) in [6, 6.07) is 2.06. The topological polar surface area (TPSA) is 64.3 Å². The zero-order valence-electron chi connectivity index (χ0n) is 10.5. The van der Waals surface area contributed by atoms with Crippen LogP contribution in [-0.4, -0.2) is 35.3 Å². The molecular weight excluding hydrogens is 248 g/mol. The van der Waals surface area contributed by atoms with Gasteiger partial charge >= 0.3 is 0 Å². The molecule has 6 heteroatoms. The fraction of sp³-hybridized carbons (Fsp3) is 0.500. The van der Waals surface area contributed by atoms with Crippen LogP contribution in [0.25, 0.3) is 10.2 Å². The maximum atomic E-state index is 5.79. The maximum absolute atomic E-state index is 5.79. The molecule has 0 spiro atoms. The lowest BCUT2D eigenvalue weighted by molar-refractivity contribution is -0.00536. The van der Waals surface area contributed by atoms with Crippen LogP contribution < -0.4 is 10.6 Å². The van der Waals surface area contributed by atoms with Crippen LogP contribution in [0.3, 0.4) is 0 Å². The first-order valence-electron chi connectivity index (χ1n) is 6.04. The van der Waals surface area contributed by atoms with E-state index < -0.39 is 0 Å². The summed E-state index contributed by atoms with van der Waals surface area (Å²) in [6.07, 6.45) is 0.414. The number of hydrogen-bond acceptors (Lipinski definition) is 6. The summed E-state index contributed by atoms with van der Waals surface area (Å²) >= 11 is 1.59. The molecular formula is C12H16N4OS. The number of thiophene rings is 1. The van der Waals surface area contributed by atoms with E-state index in [9.17, 15) is 0 Å². The molecule has 2 aromatic rings. The fourth-order valence-corrected chi connectivity index (χ4v) is 3.21. The van der Waals surface area contributed by atoms with Crippen molar-refractivity contribution in [3.8, 4) is 0 Å². The predicted molar refractivity (Wildman–Crippen MR) is 74.0 cm³/mol. The van der Waals surface area contributed by atoms with Crippen LogP contribution in [0.2, 0.25) is 0 Å². The average Bonchev–Trinajstić information content (AvgIpc) is 2.74. The number of nitrogen functional groups attached to an aromatic ring is 1. The summed E-state index contributed by atoms with van der Waals surface area (Å²) in [7, 11) is 0. The van der Waals surface area contributed by atoms with Crippen molar-refractivity contribution in [1.82, 2.24) is 9.97 Å². The molecule has 96 valence electrons. The smallest absolute Gasteiger partial charge is 0.223 e. The third-order valence-electron chi connectivity index (χ3n) is 3.04. The highest BCUT2D eigenvalue weighted by molar-refractivity contribution is 7.16. The minimum Gasteiger partial charge on any atom is -0.372 e. The van der Waals surface area contributed by atoms with Gasteiger partial charge in [-0.15, -0.1) is 11.3 Å². The Morgan fingerprint density at radius 3 is 2.78 bits per heavy atom. The second-order valence-corrected chi connectivity index (χ2v) is 5.60. The molecule has 2 unspecified atom stereocenters. The molecule has 1 aliphatic rings. The van der Waals surface area contributed by atoms with Gasteiger partial charge in [0.1, 0.15) is 10.6 Å². The van der Waals surface area contributed by atoms with Crippen molar-refractivity contribution in [3.05, 3.63) is 11.4 Å². The normalized spacial score (nSPS) is 24.7. The van der Waals surface area contributed by atoms with Gasteiger partial charge in [0, 0.05) is 13.1 Å². The fourth-order valence-electron chi connectivity index (χ4n) is 2.45. The Bertz CT molecular complexity index is 560. The molecule has 5 nitrogen and oxygen atoms in total. The molecule has 18 heavy (non-hydrogen) atoms. The number of ether oxygens (including phenoxy) is 1. The summed E-state index contributed by atoms with van der Waals surface area (Å²) < 4.78 is 5.75. The number of nitrogens with two attached hydrogens (primary N) is 1. The highest BCUT2D eigenvalue weighted by Gasteiger charge is 2.25. The molecule has 2 atom stereocenters. The molecule has 0 amide bonds. The van der Waals surface area contributed by atoms with E-state index in [1.165, 1.54) is 0 Å². The number of hydrogen-bond donors (Lipinski definition) is 1. The second kappa shape index (κ2) is 4.37. The van der Waals surface area contributed by atoms with Crippen molar-refractivity contribution < 1.29 is 4.74 Å². The largest absolute Gasteiger partial charge is 0.372 e. The predicted octanol–water partition coefficient (Wildman–Crippen LogP) is 1.89. The van der Waals surface area contributed by atoms with Crippen molar-refractivity contribution in [2.45, 2.75) is 26.1 Å². The molecule has 3 heterocycles. The lowest BCUT2D eigenvalue weighted by atomic mass is 10.2. The van der Waals surface area contributed by atoms with Crippen molar-refractivity contribution >= 4 is 33.3 Å². The minimum absolute atomic E-state index is 0.207. The molecule has 0 aliphatic carbocycles. The van der Waals surface area contributed by atoms with Gasteiger partial charge in [-0.1, -0.05) is 0 Å². The van der Waals surface area contributed by atoms with Crippen LogP contribution in [0.5, 0.6) is 0 Å². The van der Waals surface area contributed by atoms with E-state index >= 15 is 0 Å². The number of morpholine rings is 1. The van der Waals surface area contributed by atoms with E-state index in [1.54, 1.807) is 11.3 Å². The van der Waals surface area contributed by atoms with Gasteiger partial charge in [-0.25, -0.2) is 4.98 Å². The SMILES string of the molecule is CC1CN(c2nc(N)nc3sccc23)CC(C)O1. The minimum atomic E-state index is 0.207. The Balaban J connectivity index is 2.05. The zero-order valence-corrected chi connectivity index (χ0v) is 11.3. The van der Waals surface area contributed by atoms with Crippen molar-refractivity contribution in [2.24, 2.45) is 0 Å². The van der Waals surface area contributed by atoms with Crippen LogP contribution in [0.4, 0.5) is 11.8 Å². The van der Waals surface area contributed by atoms with Crippen LogP contribution in [-0.2, 0) is 4.74 Å². The molecule has 0 radical (unpaired) electrons. The monoisotopic (exact) mass is 264 g/mol. The van der Waals surface area contributed by atoms with Crippen LogP contribution in [0.15, 0.2) is 11.4 Å². The third kappa shape index (κ3) is 2.02. The van der Waals surface area contributed by atoms with Gasteiger partial charge in [-0.2, -0.15) is 4.98 Å². The van der Waals surface area contributed by atoms with Gasteiger partial charge in [0.25, 0.3) is 0 Å². The molecule has 1 aliphatic heterocycles. The van der Waals surface area contributed by atoms with Gasteiger partial charge in [-0.05, 0) is 25.3 Å². The van der Waals surface area contributed by atoms with E-state index in [0.29, 0.717) is 5.95 Å². The maximum Gasteiger partial charge on any atom is 0.223 e.